The Bertz CT molecular complexity index is 549. The van der Waals surface area contributed by atoms with Crippen molar-refractivity contribution in [2.75, 3.05) is 39.9 Å². The maximum Gasteiger partial charge on any atom is 0.0798 e. The van der Waals surface area contributed by atoms with Crippen LogP contribution >= 0.6 is 11.3 Å². The molecule has 0 unspecified atom stereocenters. The summed E-state index contributed by atoms with van der Waals surface area (Å²) < 4.78 is 5.99. The van der Waals surface area contributed by atoms with E-state index in [-0.39, 0.29) is 0 Å². The fourth-order valence-electron chi connectivity index (χ4n) is 4.45. The Morgan fingerprint density at radius 2 is 2.08 bits per heavy atom. The Morgan fingerprint density at radius 1 is 1.29 bits per heavy atom. The van der Waals surface area contributed by atoms with Crippen LogP contribution in [0.3, 0.4) is 0 Å². The van der Waals surface area contributed by atoms with Crippen molar-refractivity contribution in [1.82, 2.24) is 14.8 Å². The molecule has 3 heterocycles. The Balaban J connectivity index is 1.26. The summed E-state index contributed by atoms with van der Waals surface area (Å²) in [6, 6.07) is 0.638. The fourth-order valence-corrected chi connectivity index (χ4v) is 5.27. The Labute approximate surface area is 150 Å². The van der Waals surface area contributed by atoms with Crippen molar-refractivity contribution < 1.29 is 4.74 Å². The largest absolute Gasteiger partial charge is 0.380 e. The van der Waals surface area contributed by atoms with E-state index < -0.39 is 0 Å². The van der Waals surface area contributed by atoms with E-state index in [0.29, 0.717) is 11.5 Å². The van der Waals surface area contributed by atoms with Crippen molar-refractivity contribution in [1.29, 1.82) is 0 Å². The summed E-state index contributed by atoms with van der Waals surface area (Å²) in [4.78, 5) is 11.0. The smallest absolute Gasteiger partial charge is 0.0798 e. The lowest BCUT2D eigenvalue weighted by molar-refractivity contribution is 0.0777. The first kappa shape index (κ1) is 17.0. The van der Waals surface area contributed by atoms with Crippen LogP contribution in [0.25, 0.3) is 0 Å². The van der Waals surface area contributed by atoms with Gasteiger partial charge in [0.25, 0.3) is 0 Å². The minimum atomic E-state index is 0.543. The molecule has 24 heavy (non-hydrogen) atoms. The van der Waals surface area contributed by atoms with Crippen molar-refractivity contribution >= 4 is 11.3 Å². The zero-order valence-electron chi connectivity index (χ0n) is 15.2. The lowest BCUT2D eigenvalue weighted by atomic mass is 9.76. The average Bonchev–Trinajstić information content (AvgIpc) is 3.23. The number of rotatable bonds is 6. The Kier molecular flexibility index (Phi) is 4.96. The van der Waals surface area contributed by atoms with Gasteiger partial charge in [0.15, 0.2) is 0 Å². The van der Waals surface area contributed by atoms with Gasteiger partial charge in [-0.2, -0.15) is 0 Å². The van der Waals surface area contributed by atoms with Gasteiger partial charge in [-0.15, -0.1) is 11.3 Å². The second-order valence-corrected chi connectivity index (χ2v) is 9.33. The SMILES string of the molecule is Cc1ncsc1CN1CCC2(CC1)C[C@@H](COCC1CC1)N(C)C2. The van der Waals surface area contributed by atoms with Crippen LogP contribution in [0.1, 0.15) is 42.7 Å². The van der Waals surface area contributed by atoms with Gasteiger partial charge in [-0.3, -0.25) is 4.90 Å². The van der Waals surface area contributed by atoms with Crippen LogP contribution in [0, 0.1) is 18.3 Å². The monoisotopic (exact) mass is 349 g/mol. The van der Waals surface area contributed by atoms with E-state index in [1.54, 1.807) is 11.3 Å². The van der Waals surface area contributed by atoms with Crippen LogP contribution in [-0.2, 0) is 11.3 Å². The Hall–Kier alpha value is -0.490. The number of nitrogens with zero attached hydrogens (tertiary/aromatic N) is 3. The van der Waals surface area contributed by atoms with E-state index in [0.717, 1.165) is 25.7 Å². The van der Waals surface area contributed by atoms with Crippen LogP contribution < -0.4 is 0 Å². The predicted molar refractivity (Wildman–Crippen MR) is 98.4 cm³/mol. The highest BCUT2D eigenvalue weighted by Crippen LogP contribution is 2.43. The molecular weight excluding hydrogens is 318 g/mol. The van der Waals surface area contributed by atoms with Gasteiger partial charge in [-0.05, 0) is 70.5 Å². The van der Waals surface area contributed by atoms with E-state index in [9.17, 15) is 0 Å². The molecule has 134 valence electrons. The van der Waals surface area contributed by atoms with Gasteiger partial charge in [0.2, 0.25) is 0 Å². The lowest BCUT2D eigenvalue weighted by Crippen LogP contribution is -2.40. The summed E-state index contributed by atoms with van der Waals surface area (Å²) in [5, 5.41) is 0. The first-order valence-electron chi connectivity index (χ1n) is 9.53. The van der Waals surface area contributed by atoms with Crippen LogP contribution in [0.5, 0.6) is 0 Å². The first-order chi connectivity index (χ1) is 11.6. The third-order valence-electron chi connectivity index (χ3n) is 6.37. The van der Waals surface area contributed by atoms with Crippen LogP contribution in [0.4, 0.5) is 0 Å². The number of ether oxygens (including phenoxy) is 1. The molecule has 1 atom stereocenters. The normalized spacial score (nSPS) is 28.0. The van der Waals surface area contributed by atoms with Crippen molar-refractivity contribution in [3.05, 3.63) is 16.1 Å². The number of likely N-dealkylation sites (tertiary alicyclic amines) is 2. The molecule has 1 aliphatic carbocycles. The molecule has 1 aromatic heterocycles. The van der Waals surface area contributed by atoms with Gasteiger partial charge < -0.3 is 9.64 Å². The third-order valence-corrected chi connectivity index (χ3v) is 7.29. The van der Waals surface area contributed by atoms with Crippen LogP contribution in [-0.4, -0.2) is 60.7 Å². The molecule has 0 aromatic carbocycles. The minimum absolute atomic E-state index is 0.543. The van der Waals surface area contributed by atoms with Crippen LogP contribution in [0.15, 0.2) is 5.51 Å². The second kappa shape index (κ2) is 7.02. The number of hydrogen-bond donors (Lipinski definition) is 0. The van der Waals surface area contributed by atoms with Gasteiger partial charge in [0, 0.05) is 30.6 Å². The molecule has 4 rings (SSSR count). The van der Waals surface area contributed by atoms with Crippen molar-refractivity contribution in [3.63, 3.8) is 0 Å². The maximum atomic E-state index is 5.99. The summed E-state index contributed by atoms with van der Waals surface area (Å²) in [6.07, 6.45) is 6.79. The van der Waals surface area contributed by atoms with Gasteiger partial charge in [-0.25, -0.2) is 4.98 Å². The lowest BCUT2D eigenvalue weighted by Gasteiger charge is -2.39. The molecule has 5 heteroatoms. The van der Waals surface area contributed by atoms with E-state index >= 15 is 0 Å². The number of piperidine rings is 1. The molecule has 2 saturated heterocycles. The number of likely N-dealkylation sites (N-methyl/N-ethyl adjacent to an activating group) is 1. The molecule has 1 aromatic rings. The quantitative estimate of drug-likeness (QED) is 0.789. The molecule has 2 aliphatic heterocycles. The molecule has 0 radical (unpaired) electrons. The van der Waals surface area contributed by atoms with Crippen LogP contribution in [0.2, 0.25) is 0 Å². The minimum Gasteiger partial charge on any atom is -0.380 e. The van der Waals surface area contributed by atoms with E-state index in [2.05, 4.69) is 28.8 Å². The number of hydrogen-bond acceptors (Lipinski definition) is 5. The highest BCUT2D eigenvalue weighted by Gasteiger charge is 2.44. The molecule has 3 fully saturated rings. The fraction of sp³-hybridized carbons (Fsp3) is 0.842. The molecule has 0 bridgehead atoms. The van der Waals surface area contributed by atoms with Crippen molar-refractivity contribution in [2.24, 2.45) is 11.3 Å². The average molecular weight is 350 g/mol. The zero-order chi connectivity index (χ0) is 16.6. The summed E-state index contributed by atoms with van der Waals surface area (Å²) >= 11 is 1.81. The van der Waals surface area contributed by atoms with Gasteiger partial charge in [0.05, 0.1) is 17.8 Å². The predicted octanol–water partition coefficient (Wildman–Crippen LogP) is 3.16. The molecule has 1 saturated carbocycles. The topological polar surface area (TPSA) is 28.6 Å². The summed E-state index contributed by atoms with van der Waals surface area (Å²) in [6.45, 7) is 8.91. The van der Waals surface area contributed by atoms with Gasteiger partial charge in [-0.1, -0.05) is 0 Å². The van der Waals surface area contributed by atoms with Gasteiger partial charge in [0.1, 0.15) is 0 Å². The van der Waals surface area contributed by atoms with E-state index in [1.165, 1.54) is 62.3 Å². The second-order valence-electron chi connectivity index (χ2n) is 8.39. The molecule has 0 N–H and O–H groups in total. The number of aryl methyl sites for hydroxylation is 1. The standard InChI is InChI=1S/C19H31N3OS/c1-15-18(24-14-20-15)10-22-7-5-19(6-8-22)9-17(21(2)13-19)12-23-11-16-3-4-16/h14,16-17H,3-13H2,1-2H3/t17-/m0/s1. The van der Waals surface area contributed by atoms with Crippen molar-refractivity contribution in [3.8, 4) is 0 Å². The Morgan fingerprint density at radius 3 is 2.75 bits per heavy atom. The molecule has 4 nitrogen and oxygen atoms in total. The van der Waals surface area contributed by atoms with E-state index in [4.69, 9.17) is 4.74 Å². The maximum absolute atomic E-state index is 5.99. The van der Waals surface area contributed by atoms with E-state index in [1.807, 2.05) is 5.51 Å². The summed E-state index contributed by atoms with van der Waals surface area (Å²) in [5.41, 5.74) is 3.74. The number of thiazole rings is 1. The molecule has 3 aliphatic rings. The summed E-state index contributed by atoms with van der Waals surface area (Å²) in [5.74, 6) is 0.879. The molecule has 0 amide bonds. The highest BCUT2D eigenvalue weighted by molar-refractivity contribution is 7.09. The summed E-state index contributed by atoms with van der Waals surface area (Å²) in [7, 11) is 2.30. The third kappa shape index (κ3) is 3.85. The molecule has 1 spiro atoms. The zero-order valence-corrected chi connectivity index (χ0v) is 16.0. The highest BCUT2D eigenvalue weighted by atomic mass is 32.1. The molecular formula is C19H31N3OS. The van der Waals surface area contributed by atoms with Crippen molar-refractivity contribution in [2.45, 2.75) is 51.6 Å². The van der Waals surface area contributed by atoms with Gasteiger partial charge >= 0.3 is 0 Å². The number of aromatic nitrogens is 1. The first-order valence-corrected chi connectivity index (χ1v) is 10.4.